The Balaban J connectivity index is 1.38. The number of benzene rings is 4. The summed E-state index contributed by atoms with van der Waals surface area (Å²) in [5, 5.41) is 8.00. The lowest BCUT2D eigenvalue weighted by atomic mass is 10.0. The molecular formula is C28H19ClFN3O2. The third-order valence-electron chi connectivity index (χ3n) is 5.29. The second kappa shape index (κ2) is 9.83. The van der Waals surface area contributed by atoms with Gasteiger partial charge in [-0.25, -0.2) is 9.18 Å². The maximum absolute atomic E-state index is 13.8. The first-order valence-electron chi connectivity index (χ1n) is 10.8. The maximum Gasteiger partial charge on any atom is 0.346 e. The van der Waals surface area contributed by atoms with Crippen molar-refractivity contribution in [3.63, 3.8) is 0 Å². The van der Waals surface area contributed by atoms with Crippen LogP contribution in [0.15, 0.2) is 109 Å². The minimum Gasteiger partial charge on any atom is -0.454 e. The topological polar surface area (TPSA) is 56.1 Å². The van der Waals surface area contributed by atoms with Crippen molar-refractivity contribution in [2.24, 2.45) is 0 Å². The monoisotopic (exact) mass is 483 g/mol. The Labute approximate surface area is 206 Å². The van der Waals surface area contributed by atoms with Gasteiger partial charge in [0.05, 0.1) is 0 Å². The van der Waals surface area contributed by atoms with E-state index in [-0.39, 0.29) is 5.75 Å². The highest BCUT2D eigenvalue weighted by molar-refractivity contribution is 6.30. The van der Waals surface area contributed by atoms with E-state index in [0.717, 1.165) is 16.7 Å². The van der Waals surface area contributed by atoms with Crippen molar-refractivity contribution in [2.45, 2.75) is 0 Å². The van der Waals surface area contributed by atoms with Gasteiger partial charge in [0, 0.05) is 28.0 Å². The molecule has 35 heavy (non-hydrogen) atoms. The van der Waals surface area contributed by atoms with Crippen molar-refractivity contribution in [3.05, 3.63) is 120 Å². The number of nitrogens with zero attached hydrogens (tertiary/aromatic N) is 2. The van der Waals surface area contributed by atoms with Crippen molar-refractivity contribution in [1.29, 1.82) is 0 Å². The lowest BCUT2D eigenvalue weighted by molar-refractivity contribution is 0.251. The first kappa shape index (κ1) is 22.4. The van der Waals surface area contributed by atoms with Gasteiger partial charge in [-0.05, 0) is 54.1 Å². The smallest absolute Gasteiger partial charge is 0.346 e. The van der Waals surface area contributed by atoms with E-state index in [0.29, 0.717) is 22.2 Å². The van der Waals surface area contributed by atoms with Crippen molar-refractivity contribution in [3.8, 4) is 33.9 Å². The quantitative estimate of drug-likeness (QED) is 0.276. The molecule has 1 amide bonds. The van der Waals surface area contributed by atoms with E-state index in [1.807, 2.05) is 42.5 Å². The summed E-state index contributed by atoms with van der Waals surface area (Å²) in [5.74, 6) is 0.127. The van der Waals surface area contributed by atoms with Crippen molar-refractivity contribution >= 4 is 23.3 Å². The third-order valence-corrected chi connectivity index (χ3v) is 5.55. The number of aromatic nitrogens is 2. The Morgan fingerprint density at radius 2 is 1.51 bits per heavy atom. The lowest BCUT2D eigenvalue weighted by Crippen LogP contribution is -2.19. The van der Waals surface area contributed by atoms with Gasteiger partial charge >= 0.3 is 6.03 Å². The molecule has 0 radical (unpaired) electrons. The fraction of sp³-hybridized carbons (Fsp3) is 0. The standard InChI is InChI=1S/C28H19ClFN3O2/c29-21-12-10-20(11-13-21)27-24(19-6-2-1-3-7-19)18-33(32-27)28(34)31-22-14-16-23(17-15-22)35-26-9-5-4-8-25(26)30/h1-18H,(H,31,34). The van der Waals surface area contributed by atoms with E-state index in [1.54, 1.807) is 60.8 Å². The van der Waals surface area contributed by atoms with Crippen LogP contribution in [-0.2, 0) is 0 Å². The average Bonchev–Trinajstić information content (AvgIpc) is 3.33. The Morgan fingerprint density at radius 3 is 2.23 bits per heavy atom. The minimum atomic E-state index is -0.450. The predicted octanol–water partition coefficient (Wildman–Crippen LogP) is 7.88. The number of hydrogen-bond donors (Lipinski definition) is 1. The second-order valence-corrected chi connectivity index (χ2v) is 8.13. The highest BCUT2D eigenvalue weighted by atomic mass is 35.5. The van der Waals surface area contributed by atoms with Crippen LogP contribution in [0.5, 0.6) is 11.5 Å². The molecule has 0 saturated heterocycles. The van der Waals surface area contributed by atoms with E-state index in [2.05, 4.69) is 10.4 Å². The molecular weight excluding hydrogens is 465 g/mol. The molecule has 4 aromatic carbocycles. The number of amides is 1. The molecule has 0 aliphatic rings. The number of nitrogens with one attached hydrogen (secondary N) is 1. The van der Waals surface area contributed by atoms with Gasteiger partial charge in [-0.2, -0.15) is 9.78 Å². The summed E-state index contributed by atoms with van der Waals surface area (Å²) in [4.78, 5) is 13.0. The normalized spacial score (nSPS) is 10.7. The summed E-state index contributed by atoms with van der Waals surface area (Å²) in [6.07, 6.45) is 1.70. The second-order valence-electron chi connectivity index (χ2n) is 7.70. The zero-order valence-corrected chi connectivity index (χ0v) is 19.1. The molecule has 0 fully saturated rings. The summed E-state index contributed by atoms with van der Waals surface area (Å²) in [7, 11) is 0. The zero-order chi connectivity index (χ0) is 24.2. The molecule has 0 unspecified atom stereocenters. The van der Waals surface area contributed by atoms with Crippen LogP contribution in [0.1, 0.15) is 0 Å². The number of hydrogen-bond acceptors (Lipinski definition) is 3. The average molecular weight is 484 g/mol. The van der Waals surface area contributed by atoms with Crippen LogP contribution >= 0.6 is 11.6 Å². The number of ether oxygens (including phenoxy) is 1. The number of carbonyl (C=O) groups is 1. The number of para-hydroxylation sites is 1. The molecule has 5 aromatic rings. The van der Waals surface area contributed by atoms with Gasteiger partial charge in [0.15, 0.2) is 11.6 Å². The minimum absolute atomic E-state index is 0.129. The molecule has 5 rings (SSSR count). The summed E-state index contributed by atoms with van der Waals surface area (Å²) in [6, 6.07) is 29.4. The first-order chi connectivity index (χ1) is 17.1. The van der Waals surface area contributed by atoms with Crippen molar-refractivity contribution < 1.29 is 13.9 Å². The first-order valence-corrected chi connectivity index (χ1v) is 11.2. The van der Waals surface area contributed by atoms with Gasteiger partial charge in [0.1, 0.15) is 11.4 Å². The SMILES string of the molecule is O=C(Nc1ccc(Oc2ccccc2F)cc1)n1cc(-c2ccccc2)c(-c2ccc(Cl)cc2)n1. The molecule has 0 bridgehead atoms. The number of rotatable bonds is 5. The Bertz CT molecular complexity index is 1470. The summed E-state index contributed by atoms with van der Waals surface area (Å²) in [6.45, 7) is 0. The van der Waals surface area contributed by atoms with Gasteiger partial charge in [0.25, 0.3) is 0 Å². The summed E-state index contributed by atoms with van der Waals surface area (Å²) >= 11 is 6.05. The molecule has 0 aliphatic heterocycles. The van der Waals surface area contributed by atoms with E-state index in [4.69, 9.17) is 16.3 Å². The zero-order valence-electron chi connectivity index (χ0n) is 18.4. The molecule has 5 nitrogen and oxygen atoms in total. The van der Waals surface area contributed by atoms with E-state index in [1.165, 1.54) is 10.7 Å². The molecule has 7 heteroatoms. The molecule has 0 atom stereocenters. The molecule has 1 N–H and O–H groups in total. The molecule has 0 aliphatic carbocycles. The van der Waals surface area contributed by atoms with Gasteiger partial charge in [-0.15, -0.1) is 0 Å². The van der Waals surface area contributed by atoms with Crippen molar-refractivity contribution in [2.75, 3.05) is 5.32 Å². The van der Waals surface area contributed by atoms with Crippen molar-refractivity contribution in [1.82, 2.24) is 9.78 Å². The van der Waals surface area contributed by atoms with E-state index < -0.39 is 11.8 Å². The van der Waals surface area contributed by atoms with E-state index >= 15 is 0 Å². The molecule has 1 heterocycles. The fourth-order valence-electron chi connectivity index (χ4n) is 3.57. The van der Waals surface area contributed by atoms with E-state index in [9.17, 15) is 9.18 Å². The number of anilines is 1. The van der Waals surface area contributed by atoms with Gasteiger partial charge in [0.2, 0.25) is 0 Å². The van der Waals surface area contributed by atoms with Crippen LogP contribution in [0.3, 0.4) is 0 Å². The van der Waals surface area contributed by atoms with Crippen LogP contribution in [0.25, 0.3) is 22.4 Å². The number of halogens is 2. The van der Waals surface area contributed by atoms with Gasteiger partial charge in [-0.1, -0.05) is 66.2 Å². The van der Waals surface area contributed by atoms with Crippen LogP contribution in [0, 0.1) is 5.82 Å². The molecule has 0 spiro atoms. The summed E-state index contributed by atoms with van der Waals surface area (Å²) in [5.41, 5.74) is 3.80. The van der Waals surface area contributed by atoms with Crippen LogP contribution in [-0.4, -0.2) is 15.8 Å². The summed E-state index contributed by atoms with van der Waals surface area (Å²) < 4.78 is 20.7. The molecule has 1 aromatic heterocycles. The Morgan fingerprint density at radius 1 is 0.829 bits per heavy atom. The van der Waals surface area contributed by atoms with Gasteiger partial charge < -0.3 is 10.1 Å². The highest BCUT2D eigenvalue weighted by Crippen LogP contribution is 2.32. The Kier molecular flexibility index (Phi) is 6.28. The van der Waals surface area contributed by atoms with Crippen LogP contribution < -0.4 is 10.1 Å². The molecule has 172 valence electrons. The van der Waals surface area contributed by atoms with Gasteiger partial charge in [-0.3, -0.25) is 0 Å². The lowest BCUT2D eigenvalue weighted by Gasteiger charge is -2.08. The predicted molar refractivity (Wildman–Crippen MR) is 135 cm³/mol. The highest BCUT2D eigenvalue weighted by Gasteiger charge is 2.17. The van der Waals surface area contributed by atoms with Crippen LogP contribution in [0.2, 0.25) is 5.02 Å². The molecule has 0 saturated carbocycles. The fourth-order valence-corrected chi connectivity index (χ4v) is 3.70. The largest absolute Gasteiger partial charge is 0.454 e. The van der Waals surface area contributed by atoms with Crippen LogP contribution in [0.4, 0.5) is 14.9 Å². The Hall–Kier alpha value is -4.42. The third kappa shape index (κ3) is 5.08. The maximum atomic E-state index is 13.8. The number of carbonyl (C=O) groups excluding carboxylic acids is 1.